The molecule has 0 spiro atoms. The summed E-state index contributed by atoms with van der Waals surface area (Å²) < 4.78 is 6.43. The van der Waals surface area contributed by atoms with Gasteiger partial charge >= 0.3 is 6.01 Å². The van der Waals surface area contributed by atoms with Crippen molar-refractivity contribution in [2.24, 2.45) is 0 Å². The highest BCUT2D eigenvalue weighted by atomic mass is 16.4. The van der Waals surface area contributed by atoms with Crippen molar-refractivity contribution in [2.45, 2.75) is 0 Å². The zero-order valence-electron chi connectivity index (χ0n) is 5.64. The van der Waals surface area contributed by atoms with Gasteiger partial charge < -0.3 is 10.2 Å². The molecule has 11 heavy (non-hydrogen) atoms. The Hall–Kier alpha value is -1.78. The van der Waals surface area contributed by atoms with Gasteiger partial charge in [-0.25, -0.2) is 4.98 Å². The van der Waals surface area contributed by atoms with E-state index >= 15 is 0 Å². The van der Waals surface area contributed by atoms with Crippen molar-refractivity contribution in [1.82, 2.24) is 14.8 Å². The highest BCUT2D eigenvalue weighted by Gasteiger charge is 2.00. The molecule has 2 aromatic heterocycles. The Morgan fingerprint density at radius 3 is 3.00 bits per heavy atom. The highest BCUT2D eigenvalue weighted by Crippen LogP contribution is 2.05. The monoisotopic (exact) mass is 150 g/mol. The first-order valence-corrected chi connectivity index (χ1v) is 3.06. The second-order valence-corrected chi connectivity index (χ2v) is 2.03. The fourth-order valence-corrected chi connectivity index (χ4v) is 0.770. The number of aromatic nitrogens is 3. The second-order valence-electron chi connectivity index (χ2n) is 2.03. The molecule has 56 valence electrons. The Morgan fingerprint density at radius 1 is 1.55 bits per heavy atom. The smallest absolute Gasteiger partial charge is 0.322 e. The van der Waals surface area contributed by atoms with Crippen molar-refractivity contribution in [3.8, 4) is 6.01 Å². The van der Waals surface area contributed by atoms with Gasteiger partial charge in [-0.2, -0.15) is 9.78 Å². The molecule has 2 rings (SSSR count). The van der Waals surface area contributed by atoms with Gasteiger partial charge in [0.15, 0.2) is 0 Å². The summed E-state index contributed by atoms with van der Waals surface area (Å²) in [6.45, 7) is 0. The van der Waals surface area contributed by atoms with E-state index in [9.17, 15) is 0 Å². The summed E-state index contributed by atoms with van der Waals surface area (Å²) in [6.07, 6.45) is 6.19. The lowest BCUT2D eigenvalue weighted by molar-refractivity contribution is 0.510. The number of hydrogen-bond donors (Lipinski definition) is 1. The van der Waals surface area contributed by atoms with Gasteiger partial charge in [-0.15, -0.1) is 0 Å². The lowest BCUT2D eigenvalue weighted by Crippen LogP contribution is -1.93. The van der Waals surface area contributed by atoms with Gasteiger partial charge in [-0.3, -0.25) is 0 Å². The summed E-state index contributed by atoms with van der Waals surface area (Å²) in [4.78, 5) is 3.88. The van der Waals surface area contributed by atoms with Crippen LogP contribution in [0.1, 0.15) is 0 Å². The summed E-state index contributed by atoms with van der Waals surface area (Å²) in [7, 11) is 0. The number of nitrogens with zero attached hydrogens (tertiary/aromatic N) is 3. The second kappa shape index (κ2) is 2.12. The molecule has 0 bridgehead atoms. The van der Waals surface area contributed by atoms with E-state index in [4.69, 9.17) is 10.2 Å². The van der Waals surface area contributed by atoms with E-state index in [1.54, 1.807) is 12.4 Å². The van der Waals surface area contributed by atoms with E-state index in [0.717, 1.165) is 0 Å². The van der Waals surface area contributed by atoms with Crippen LogP contribution in [0.2, 0.25) is 0 Å². The van der Waals surface area contributed by atoms with Crippen LogP contribution in [-0.2, 0) is 0 Å². The number of anilines is 1. The third-order valence-electron chi connectivity index (χ3n) is 1.22. The Morgan fingerprint density at radius 2 is 2.45 bits per heavy atom. The maximum Gasteiger partial charge on any atom is 0.322 e. The predicted octanol–water partition coefficient (Wildman–Crippen LogP) is 0.443. The predicted molar refractivity (Wildman–Crippen MR) is 38.0 cm³/mol. The van der Waals surface area contributed by atoms with Crippen molar-refractivity contribution in [3.05, 3.63) is 24.9 Å². The zero-order chi connectivity index (χ0) is 7.68. The van der Waals surface area contributed by atoms with Gasteiger partial charge in [0, 0.05) is 0 Å². The molecule has 5 heteroatoms. The molecular weight excluding hydrogens is 144 g/mol. The first kappa shape index (κ1) is 5.96. The third-order valence-corrected chi connectivity index (χ3v) is 1.22. The Bertz CT molecular complexity index is 337. The van der Waals surface area contributed by atoms with Gasteiger partial charge in [0.1, 0.15) is 6.26 Å². The van der Waals surface area contributed by atoms with Crippen LogP contribution in [0.5, 0.6) is 0 Å². The molecule has 0 aliphatic carbocycles. The van der Waals surface area contributed by atoms with Crippen LogP contribution in [0, 0.1) is 0 Å². The minimum absolute atomic E-state index is 0.418. The van der Waals surface area contributed by atoms with Crippen LogP contribution >= 0.6 is 0 Å². The molecule has 5 nitrogen and oxygen atoms in total. The molecule has 0 saturated carbocycles. The summed E-state index contributed by atoms with van der Waals surface area (Å²) in [5.41, 5.74) is 6.02. The van der Waals surface area contributed by atoms with Crippen molar-refractivity contribution < 1.29 is 4.42 Å². The van der Waals surface area contributed by atoms with E-state index in [1.807, 2.05) is 0 Å². The van der Waals surface area contributed by atoms with Crippen molar-refractivity contribution in [3.63, 3.8) is 0 Å². The number of nitrogen functional groups attached to an aromatic ring is 1. The molecule has 0 atom stereocenters. The maximum absolute atomic E-state index is 5.43. The van der Waals surface area contributed by atoms with E-state index in [-0.39, 0.29) is 0 Å². The van der Waals surface area contributed by atoms with Crippen molar-refractivity contribution in [2.75, 3.05) is 5.73 Å². The van der Waals surface area contributed by atoms with Crippen molar-refractivity contribution in [1.29, 1.82) is 0 Å². The number of nitrogens with two attached hydrogens (primary N) is 1. The number of oxazole rings is 1. The molecule has 0 fully saturated rings. The van der Waals surface area contributed by atoms with Gasteiger partial charge in [0.2, 0.25) is 0 Å². The molecule has 2 N–H and O–H groups in total. The topological polar surface area (TPSA) is 69.9 Å². The minimum atomic E-state index is 0.418. The van der Waals surface area contributed by atoms with Crippen LogP contribution in [0.4, 0.5) is 5.69 Å². The van der Waals surface area contributed by atoms with E-state index in [0.29, 0.717) is 11.7 Å². The largest absolute Gasteiger partial charge is 0.431 e. The van der Waals surface area contributed by atoms with Gasteiger partial charge in [-0.05, 0) is 0 Å². The van der Waals surface area contributed by atoms with Crippen LogP contribution in [0.25, 0.3) is 6.01 Å². The molecular formula is C6H6N4O. The Balaban J connectivity index is 2.45. The van der Waals surface area contributed by atoms with Crippen LogP contribution < -0.4 is 5.73 Å². The zero-order valence-corrected chi connectivity index (χ0v) is 5.64. The summed E-state index contributed by atoms with van der Waals surface area (Å²) in [6, 6.07) is 0.418. The Kier molecular flexibility index (Phi) is 1.15. The highest BCUT2D eigenvalue weighted by molar-refractivity contribution is 5.32. The van der Waals surface area contributed by atoms with Crippen LogP contribution in [-0.4, -0.2) is 14.8 Å². The SMILES string of the molecule is Nc1cnn(-c2ncco2)c1. The molecule has 0 aliphatic rings. The molecule has 2 aromatic rings. The third kappa shape index (κ3) is 0.958. The standard InChI is InChI=1S/C6H6N4O/c7-5-3-9-10(4-5)6-8-1-2-11-6/h1-4H,7H2. The maximum atomic E-state index is 5.43. The lowest BCUT2D eigenvalue weighted by Gasteiger charge is -1.89. The average molecular weight is 150 g/mol. The van der Waals surface area contributed by atoms with E-state index < -0.39 is 0 Å². The van der Waals surface area contributed by atoms with Crippen LogP contribution in [0.15, 0.2) is 29.3 Å². The Labute approximate surface area is 62.4 Å². The minimum Gasteiger partial charge on any atom is -0.431 e. The summed E-state index contributed by atoms with van der Waals surface area (Å²) in [5, 5.41) is 3.89. The molecule has 0 radical (unpaired) electrons. The van der Waals surface area contributed by atoms with E-state index in [1.165, 1.54) is 17.1 Å². The molecule has 2 heterocycles. The van der Waals surface area contributed by atoms with Gasteiger partial charge in [0.05, 0.1) is 24.3 Å². The number of rotatable bonds is 1. The van der Waals surface area contributed by atoms with Gasteiger partial charge in [-0.1, -0.05) is 0 Å². The van der Waals surface area contributed by atoms with Crippen LogP contribution in [0.3, 0.4) is 0 Å². The summed E-state index contributed by atoms with van der Waals surface area (Å²) >= 11 is 0. The molecule has 0 aliphatic heterocycles. The quantitative estimate of drug-likeness (QED) is 0.640. The molecule has 0 amide bonds. The fourth-order valence-electron chi connectivity index (χ4n) is 0.770. The molecule has 0 aromatic carbocycles. The van der Waals surface area contributed by atoms with E-state index in [2.05, 4.69) is 10.1 Å². The lowest BCUT2D eigenvalue weighted by atomic mass is 10.6. The van der Waals surface area contributed by atoms with Gasteiger partial charge in [0.25, 0.3) is 0 Å². The molecule has 0 saturated heterocycles. The van der Waals surface area contributed by atoms with Crippen molar-refractivity contribution >= 4 is 5.69 Å². The summed E-state index contributed by atoms with van der Waals surface area (Å²) in [5.74, 6) is 0. The fraction of sp³-hybridized carbons (Fsp3) is 0. The average Bonchev–Trinajstić information content (AvgIpc) is 2.55. The first-order chi connectivity index (χ1) is 5.36. The normalized spacial score (nSPS) is 10.2. The number of hydrogen-bond acceptors (Lipinski definition) is 4. The first-order valence-electron chi connectivity index (χ1n) is 3.06. The molecule has 0 unspecified atom stereocenters.